The number of aromatic hydroxyl groups is 1. The molecule has 1 aliphatic carbocycles. The number of aliphatic carboxylic acids is 1. The second-order valence-corrected chi connectivity index (χ2v) is 7.23. The normalized spacial score (nSPS) is 14.3. The molecule has 154 valence electrons. The van der Waals surface area contributed by atoms with Crippen molar-refractivity contribution in [3.05, 3.63) is 76.1 Å². The summed E-state index contributed by atoms with van der Waals surface area (Å²) in [5.41, 5.74) is -0.743. The molecule has 0 unspecified atom stereocenters. The Hall–Kier alpha value is -3.81. The predicted octanol–water partition coefficient (Wildman–Crippen LogP) is 2.10. The van der Waals surface area contributed by atoms with Crippen molar-refractivity contribution in [3.8, 4) is 5.75 Å². The first-order chi connectivity index (χ1) is 14.5. The van der Waals surface area contributed by atoms with Crippen LogP contribution in [0.2, 0.25) is 0 Å². The maximum Gasteiger partial charge on any atom is 0.330 e. The van der Waals surface area contributed by atoms with Gasteiger partial charge < -0.3 is 20.4 Å². The van der Waals surface area contributed by atoms with Gasteiger partial charge in [-0.05, 0) is 36.5 Å². The number of hydrogen-bond donors (Lipinski definition) is 3. The molecule has 0 spiro atoms. The summed E-state index contributed by atoms with van der Waals surface area (Å²) in [5.74, 6) is -2.45. The molecule has 0 radical (unpaired) electrons. The lowest BCUT2D eigenvalue weighted by molar-refractivity contribution is -0.139. The molecule has 30 heavy (non-hydrogen) atoms. The number of aromatic nitrogens is 1. The Morgan fingerprint density at radius 1 is 1.10 bits per heavy atom. The van der Waals surface area contributed by atoms with Crippen LogP contribution in [0.5, 0.6) is 5.75 Å². The summed E-state index contributed by atoms with van der Waals surface area (Å²) >= 11 is 0. The lowest BCUT2D eigenvalue weighted by atomic mass is 10.1. The second-order valence-electron chi connectivity index (χ2n) is 7.23. The Balaban J connectivity index is 1.76. The summed E-state index contributed by atoms with van der Waals surface area (Å²) in [6.07, 6.45) is 2.02. The van der Waals surface area contributed by atoms with Crippen LogP contribution in [0.1, 0.15) is 34.8 Å². The highest BCUT2D eigenvalue weighted by molar-refractivity contribution is 6.03. The van der Waals surface area contributed by atoms with E-state index < -0.39 is 34.8 Å². The summed E-state index contributed by atoms with van der Waals surface area (Å²) < 4.78 is 1.00. The van der Waals surface area contributed by atoms with Crippen LogP contribution in [-0.4, -0.2) is 33.4 Å². The van der Waals surface area contributed by atoms with Gasteiger partial charge >= 0.3 is 5.97 Å². The molecule has 4 rings (SSSR count). The lowest BCUT2D eigenvalue weighted by Gasteiger charge is -2.18. The van der Waals surface area contributed by atoms with E-state index in [2.05, 4.69) is 5.32 Å². The first-order valence-electron chi connectivity index (χ1n) is 9.56. The molecule has 0 bridgehead atoms. The highest BCUT2D eigenvalue weighted by atomic mass is 16.7. The molecule has 8 nitrogen and oxygen atoms in total. The van der Waals surface area contributed by atoms with Crippen molar-refractivity contribution in [3.63, 3.8) is 0 Å². The maximum atomic E-state index is 13.0. The minimum absolute atomic E-state index is 0.254. The van der Waals surface area contributed by atoms with E-state index in [9.17, 15) is 24.6 Å². The van der Waals surface area contributed by atoms with Crippen LogP contribution in [-0.2, 0) is 4.79 Å². The van der Waals surface area contributed by atoms with Crippen molar-refractivity contribution in [2.45, 2.75) is 18.9 Å². The van der Waals surface area contributed by atoms with Gasteiger partial charge in [0.15, 0.2) is 11.6 Å². The molecule has 1 aromatic heterocycles. The van der Waals surface area contributed by atoms with E-state index in [1.165, 1.54) is 0 Å². The van der Waals surface area contributed by atoms with E-state index in [0.29, 0.717) is 23.6 Å². The molecule has 3 aromatic rings. The quantitative estimate of drug-likeness (QED) is 0.551. The minimum atomic E-state index is -1.38. The number of fused-ring (bicyclic) bond motifs is 1. The zero-order chi connectivity index (χ0) is 21.3. The number of pyridine rings is 1. The Bertz CT molecular complexity index is 1170. The Kier molecular flexibility index (Phi) is 5.14. The topological polar surface area (TPSA) is 118 Å². The molecule has 3 N–H and O–H groups in total. The number of para-hydroxylation sites is 1. The van der Waals surface area contributed by atoms with Crippen molar-refractivity contribution < 1.29 is 24.6 Å². The van der Waals surface area contributed by atoms with Gasteiger partial charge in [-0.25, -0.2) is 4.79 Å². The van der Waals surface area contributed by atoms with E-state index in [4.69, 9.17) is 4.84 Å². The zero-order valence-electron chi connectivity index (χ0n) is 15.9. The van der Waals surface area contributed by atoms with Crippen LogP contribution in [0.4, 0.5) is 0 Å². The number of nitrogens with one attached hydrogen (secondary N) is 1. The van der Waals surface area contributed by atoms with Crippen LogP contribution >= 0.6 is 0 Å². The van der Waals surface area contributed by atoms with Gasteiger partial charge in [0.25, 0.3) is 11.5 Å². The van der Waals surface area contributed by atoms with E-state index in [1.807, 2.05) is 0 Å². The summed E-state index contributed by atoms with van der Waals surface area (Å²) in [6.45, 7) is 0.317. The molecule has 2 aromatic carbocycles. The number of benzene rings is 2. The van der Waals surface area contributed by atoms with Crippen molar-refractivity contribution in [1.82, 2.24) is 10.0 Å². The molecule has 1 fully saturated rings. The van der Waals surface area contributed by atoms with Gasteiger partial charge in [0.05, 0.1) is 5.52 Å². The number of rotatable bonds is 7. The average Bonchev–Trinajstić information content (AvgIpc) is 3.57. The van der Waals surface area contributed by atoms with Gasteiger partial charge in [-0.2, -0.15) is 0 Å². The minimum Gasteiger partial charge on any atom is -0.506 e. The van der Waals surface area contributed by atoms with Crippen molar-refractivity contribution in [2.75, 3.05) is 6.61 Å². The number of carboxylic acid groups (broad SMARTS) is 1. The molecular weight excluding hydrogens is 388 g/mol. The fourth-order valence-corrected chi connectivity index (χ4v) is 3.23. The molecule has 1 heterocycles. The monoisotopic (exact) mass is 408 g/mol. The summed E-state index contributed by atoms with van der Waals surface area (Å²) in [4.78, 5) is 43.3. The van der Waals surface area contributed by atoms with Gasteiger partial charge in [0, 0.05) is 5.39 Å². The standard InChI is InChI=1S/C22H20N2O6/c25-19-15-8-4-5-9-16(15)24(30-12-13-10-11-13)21(27)17(19)20(26)23-18(22(28)29)14-6-2-1-3-7-14/h1-9,13,18,25H,10-12H2,(H,23,26)(H,28,29)/t18-/m0/s1. The molecule has 0 saturated heterocycles. The molecule has 1 amide bonds. The predicted molar refractivity (Wildman–Crippen MR) is 108 cm³/mol. The van der Waals surface area contributed by atoms with Gasteiger partial charge in [-0.15, -0.1) is 4.73 Å². The first kappa shape index (κ1) is 19.5. The number of carboxylic acids is 1. The van der Waals surface area contributed by atoms with Crippen molar-refractivity contribution in [2.24, 2.45) is 5.92 Å². The number of carbonyl (C=O) groups excluding carboxylic acids is 1. The SMILES string of the molecule is O=C(N[C@H](C(=O)O)c1ccccc1)c1c(O)c2ccccc2n(OCC2CC2)c1=O. The van der Waals surface area contributed by atoms with Crippen LogP contribution in [0.25, 0.3) is 10.9 Å². The number of amides is 1. The van der Waals surface area contributed by atoms with Gasteiger partial charge in [0.1, 0.15) is 12.4 Å². The van der Waals surface area contributed by atoms with Crippen LogP contribution in [0.15, 0.2) is 59.4 Å². The first-order valence-corrected chi connectivity index (χ1v) is 9.56. The Labute approximate surface area is 171 Å². The fourth-order valence-electron chi connectivity index (χ4n) is 3.23. The second kappa shape index (κ2) is 7.90. The third-order valence-electron chi connectivity index (χ3n) is 5.03. The van der Waals surface area contributed by atoms with Gasteiger partial charge in [-0.1, -0.05) is 42.5 Å². The molecule has 0 aliphatic heterocycles. The highest BCUT2D eigenvalue weighted by Gasteiger charge is 2.29. The lowest BCUT2D eigenvalue weighted by Crippen LogP contribution is -2.39. The Morgan fingerprint density at radius 2 is 1.77 bits per heavy atom. The highest BCUT2D eigenvalue weighted by Crippen LogP contribution is 2.29. The third-order valence-corrected chi connectivity index (χ3v) is 5.03. The molecular formula is C22H20N2O6. The van der Waals surface area contributed by atoms with Crippen LogP contribution in [0, 0.1) is 5.92 Å². The van der Waals surface area contributed by atoms with E-state index in [-0.39, 0.29) is 5.39 Å². The van der Waals surface area contributed by atoms with Crippen molar-refractivity contribution in [1.29, 1.82) is 0 Å². The average molecular weight is 408 g/mol. The maximum absolute atomic E-state index is 13.0. The largest absolute Gasteiger partial charge is 0.506 e. The summed E-state index contributed by atoms with van der Waals surface area (Å²) in [5, 5.41) is 22.8. The number of hydrogen-bond acceptors (Lipinski definition) is 5. The Morgan fingerprint density at radius 3 is 2.43 bits per heavy atom. The zero-order valence-corrected chi connectivity index (χ0v) is 15.9. The number of nitrogens with zero attached hydrogens (tertiary/aromatic N) is 1. The van der Waals surface area contributed by atoms with Crippen LogP contribution in [0.3, 0.4) is 0 Å². The molecule has 1 aliphatic rings. The van der Waals surface area contributed by atoms with Crippen LogP contribution < -0.4 is 15.7 Å². The smallest absolute Gasteiger partial charge is 0.330 e. The third kappa shape index (κ3) is 3.71. The number of carbonyl (C=O) groups is 2. The molecule has 8 heteroatoms. The van der Waals surface area contributed by atoms with Crippen molar-refractivity contribution >= 4 is 22.8 Å². The van der Waals surface area contributed by atoms with Gasteiger partial charge in [0.2, 0.25) is 0 Å². The molecule has 1 atom stereocenters. The van der Waals surface area contributed by atoms with E-state index in [1.54, 1.807) is 54.6 Å². The summed E-state index contributed by atoms with van der Waals surface area (Å²) in [7, 11) is 0. The summed E-state index contributed by atoms with van der Waals surface area (Å²) in [6, 6.07) is 13.2. The van der Waals surface area contributed by atoms with Gasteiger partial charge in [-0.3, -0.25) is 9.59 Å². The fraction of sp³-hybridized carbons (Fsp3) is 0.227. The molecule has 1 saturated carbocycles. The van der Waals surface area contributed by atoms with E-state index in [0.717, 1.165) is 17.6 Å². The van der Waals surface area contributed by atoms with E-state index >= 15 is 0 Å².